The Bertz CT molecular complexity index is 1000. The second-order valence-electron chi connectivity index (χ2n) is 10.1. The van der Waals surface area contributed by atoms with Gasteiger partial charge in [-0.05, 0) is 47.7 Å². The number of hydrogen-bond donors (Lipinski definition) is 1. The Morgan fingerprint density at radius 3 is 2.23 bits per heavy atom. The summed E-state index contributed by atoms with van der Waals surface area (Å²) in [6.45, 7) is 3.73. The standard InChI is InChI=1S/C32H46N2O3S.BrH/c1-3-4-5-6-7-8-9-10-11-12-13-14-21-37-31-24-28(18-19-30(31)36-2)32(35)33-29-17-15-16-27(23-29)25-34-20-22-38-26-34;/h15-20,22-24H,3-14,21,25-26H2,1-2H3,(H,33,35);1H. The lowest BCUT2D eigenvalue weighted by Crippen LogP contribution is -2.14. The van der Waals surface area contributed by atoms with Crippen molar-refractivity contribution >= 4 is 40.3 Å². The van der Waals surface area contributed by atoms with Crippen LogP contribution in [0.3, 0.4) is 0 Å². The molecule has 1 aliphatic heterocycles. The summed E-state index contributed by atoms with van der Waals surface area (Å²) in [5, 5.41) is 5.13. The molecule has 0 saturated carbocycles. The van der Waals surface area contributed by atoms with Gasteiger partial charge in [-0.15, -0.1) is 28.7 Å². The minimum atomic E-state index is -0.156. The van der Waals surface area contributed by atoms with Crippen molar-refractivity contribution in [3.8, 4) is 11.5 Å². The first-order valence-corrected chi connectivity index (χ1v) is 15.5. The van der Waals surface area contributed by atoms with Crippen molar-refractivity contribution in [2.75, 3.05) is 24.9 Å². The number of benzene rings is 2. The van der Waals surface area contributed by atoms with Crippen LogP contribution in [0.2, 0.25) is 0 Å². The predicted molar refractivity (Wildman–Crippen MR) is 171 cm³/mol. The SMILES string of the molecule is Br.CCCCCCCCCCCCCCOc1cc(C(=O)Nc2cccc(CN3C=CSC3)c2)ccc1OC. The van der Waals surface area contributed by atoms with Crippen molar-refractivity contribution in [2.24, 2.45) is 0 Å². The van der Waals surface area contributed by atoms with E-state index in [9.17, 15) is 4.79 Å². The molecule has 7 heteroatoms. The molecule has 0 fully saturated rings. The number of methoxy groups -OCH3 is 1. The highest BCUT2D eigenvalue weighted by molar-refractivity contribution is 8.93. The maximum Gasteiger partial charge on any atom is 0.255 e. The van der Waals surface area contributed by atoms with Crippen molar-refractivity contribution in [1.82, 2.24) is 4.90 Å². The molecule has 5 nitrogen and oxygen atoms in total. The predicted octanol–water partition coefficient (Wildman–Crippen LogP) is 9.58. The molecule has 216 valence electrons. The minimum absolute atomic E-state index is 0. The molecule has 0 atom stereocenters. The summed E-state index contributed by atoms with van der Waals surface area (Å²) in [7, 11) is 1.63. The first-order chi connectivity index (χ1) is 18.7. The van der Waals surface area contributed by atoms with E-state index in [-0.39, 0.29) is 22.9 Å². The number of amides is 1. The summed E-state index contributed by atoms with van der Waals surface area (Å²) >= 11 is 1.79. The monoisotopic (exact) mass is 618 g/mol. The highest BCUT2D eigenvalue weighted by Crippen LogP contribution is 2.29. The second-order valence-corrected chi connectivity index (χ2v) is 10.9. The minimum Gasteiger partial charge on any atom is -0.493 e. The average molecular weight is 620 g/mol. The third kappa shape index (κ3) is 12.7. The van der Waals surface area contributed by atoms with Crippen molar-refractivity contribution in [3.63, 3.8) is 0 Å². The van der Waals surface area contributed by atoms with Gasteiger partial charge in [-0.25, -0.2) is 0 Å². The Morgan fingerprint density at radius 1 is 0.897 bits per heavy atom. The highest BCUT2D eigenvalue weighted by Gasteiger charge is 2.13. The Balaban J connectivity index is 0.00000533. The van der Waals surface area contributed by atoms with Gasteiger partial charge in [0.05, 0.1) is 19.6 Å². The number of rotatable bonds is 19. The zero-order valence-electron chi connectivity index (χ0n) is 23.8. The Hall–Kier alpha value is -2.12. The topological polar surface area (TPSA) is 50.8 Å². The third-order valence-electron chi connectivity index (χ3n) is 6.86. The van der Waals surface area contributed by atoms with Crippen LogP contribution in [0.25, 0.3) is 0 Å². The molecule has 2 aromatic carbocycles. The number of carbonyl (C=O) groups is 1. The summed E-state index contributed by atoms with van der Waals surface area (Å²) < 4.78 is 11.5. The fourth-order valence-electron chi connectivity index (χ4n) is 4.65. The molecule has 1 heterocycles. The Morgan fingerprint density at radius 2 is 1.59 bits per heavy atom. The molecule has 1 aliphatic rings. The highest BCUT2D eigenvalue weighted by atomic mass is 79.9. The number of hydrogen-bond acceptors (Lipinski definition) is 5. The van der Waals surface area contributed by atoms with Crippen molar-refractivity contribution in [2.45, 2.75) is 90.5 Å². The number of halogens is 1. The number of nitrogens with zero attached hydrogens (tertiary/aromatic N) is 1. The van der Waals surface area contributed by atoms with E-state index in [2.05, 4.69) is 34.8 Å². The van der Waals surface area contributed by atoms with E-state index in [0.717, 1.165) is 30.1 Å². The normalized spacial score (nSPS) is 12.3. The second kappa shape index (κ2) is 19.9. The number of ether oxygens (including phenoxy) is 2. The van der Waals surface area contributed by atoms with Gasteiger partial charge in [-0.3, -0.25) is 4.79 Å². The van der Waals surface area contributed by atoms with Gasteiger partial charge < -0.3 is 19.7 Å². The maximum absolute atomic E-state index is 13.0. The van der Waals surface area contributed by atoms with Crippen molar-refractivity contribution < 1.29 is 14.3 Å². The van der Waals surface area contributed by atoms with E-state index in [1.807, 2.05) is 18.2 Å². The largest absolute Gasteiger partial charge is 0.493 e. The van der Waals surface area contributed by atoms with Gasteiger partial charge in [-0.1, -0.05) is 89.7 Å². The zero-order valence-corrected chi connectivity index (χ0v) is 26.3. The van der Waals surface area contributed by atoms with E-state index in [4.69, 9.17) is 9.47 Å². The lowest BCUT2D eigenvalue weighted by molar-refractivity contribution is 0.102. The van der Waals surface area contributed by atoms with Gasteiger partial charge in [0.25, 0.3) is 5.91 Å². The van der Waals surface area contributed by atoms with Crippen LogP contribution >= 0.6 is 28.7 Å². The lowest BCUT2D eigenvalue weighted by Gasteiger charge is -2.15. The number of anilines is 1. The summed E-state index contributed by atoms with van der Waals surface area (Å²) in [4.78, 5) is 15.2. The molecule has 1 amide bonds. The number of thioether (sulfide) groups is 1. The van der Waals surface area contributed by atoms with Crippen LogP contribution in [0.15, 0.2) is 54.1 Å². The van der Waals surface area contributed by atoms with Gasteiger partial charge in [0, 0.05) is 24.0 Å². The molecular formula is C32H47BrN2O3S. The average Bonchev–Trinajstić information content (AvgIpc) is 3.44. The molecule has 0 aromatic heterocycles. The van der Waals surface area contributed by atoms with Crippen LogP contribution in [0, 0.1) is 0 Å². The number of unbranched alkanes of at least 4 members (excludes halogenated alkanes) is 11. The molecule has 39 heavy (non-hydrogen) atoms. The van der Waals surface area contributed by atoms with Crippen molar-refractivity contribution in [1.29, 1.82) is 0 Å². The molecule has 0 bridgehead atoms. The van der Waals surface area contributed by atoms with E-state index in [1.165, 1.54) is 70.6 Å². The third-order valence-corrected chi connectivity index (χ3v) is 7.65. The van der Waals surface area contributed by atoms with Crippen LogP contribution in [-0.4, -0.2) is 30.4 Å². The van der Waals surface area contributed by atoms with Crippen LogP contribution in [-0.2, 0) is 6.54 Å². The molecule has 2 aromatic rings. The molecule has 1 N–H and O–H groups in total. The summed E-state index contributed by atoms with van der Waals surface area (Å²) in [5.41, 5.74) is 2.51. The van der Waals surface area contributed by atoms with Crippen LogP contribution < -0.4 is 14.8 Å². The maximum atomic E-state index is 13.0. The van der Waals surface area contributed by atoms with Gasteiger partial charge in [0.15, 0.2) is 11.5 Å². The summed E-state index contributed by atoms with van der Waals surface area (Å²) in [5.74, 6) is 2.08. The van der Waals surface area contributed by atoms with Gasteiger partial charge in [-0.2, -0.15) is 0 Å². The van der Waals surface area contributed by atoms with E-state index < -0.39 is 0 Å². The number of carbonyl (C=O) groups excluding carboxylic acids is 1. The zero-order chi connectivity index (χ0) is 26.8. The molecule has 0 saturated heterocycles. The molecule has 0 aliphatic carbocycles. The number of nitrogens with one attached hydrogen (secondary N) is 1. The van der Waals surface area contributed by atoms with E-state index >= 15 is 0 Å². The van der Waals surface area contributed by atoms with E-state index in [0.29, 0.717) is 23.7 Å². The Kier molecular flexibility index (Phi) is 16.9. The van der Waals surface area contributed by atoms with Gasteiger partial charge >= 0.3 is 0 Å². The fourth-order valence-corrected chi connectivity index (χ4v) is 5.36. The van der Waals surface area contributed by atoms with Gasteiger partial charge in [0.1, 0.15) is 0 Å². The Labute approximate surface area is 250 Å². The first-order valence-electron chi connectivity index (χ1n) is 14.4. The first kappa shape index (κ1) is 33.1. The summed E-state index contributed by atoms with van der Waals surface area (Å²) in [6, 6.07) is 13.4. The molecular weight excluding hydrogens is 572 g/mol. The lowest BCUT2D eigenvalue weighted by atomic mass is 10.1. The quantitative estimate of drug-likeness (QED) is 0.159. The van der Waals surface area contributed by atoms with Gasteiger partial charge in [0.2, 0.25) is 0 Å². The summed E-state index contributed by atoms with van der Waals surface area (Å²) in [6.07, 6.45) is 17.9. The fraction of sp³-hybridized carbons (Fsp3) is 0.531. The van der Waals surface area contributed by atoms with Crippen LogP contribution in [0.1, 0.15) is 99.9 Å². The molecule has 0 spiro atoms. The molecule has 0 unspecified atom stereocenters. The molecule has 0 radical (unpaired) electrons. The smallest absolute Gasteiger partial charge is 0.255 e. The molecule has 3 rings (SSSR count). The van der Waals surface area contributed by atoms with Crippen molar-refractivity contribution in [3.05, 3.63) is 65.2 Å². The van der Waals surface area contributed by atoms with E-state index in [1.54, 1.807) is 37.1 Å². The van der Waals surface area contributed by atoms with Crippen LogP contribution in [0.4, 0.5) is 5.69 Å². The van der Waals surface area contributed by atoms with Crippen LogP contribution in [0.5, 0.6) is 11.5 Å².